The number of hydrogen-bond donors (Lipinski definition) is 1. The van der Waals surface area contributed by atoms with Crippen LogP contribution in [0.25, 0.3) is 0 Å². The molecule has 0 fully saturated rings. The Labute approximate surface area is 113 Å². The van der Waals surface area contributed by atoms with Crippen LogP contribution in [0.15, 0.2) is 23.4 Å². The van der Waals surface area contributed by atoms with E-state index < -0.39 is 29.7 Å². The molecule has 1 amide bonds. The molecule has 2 rings (SSSR count). The maximum absolute atomic E-state index is 13.6. The molecule has 1 aliphatic heterocycles. The van der Waals surface area contributed by atoms with Gasteiger partial charge in [-0.15, -0.1) is 0 Å². The minimum absolute atomic E-state index is 0.0327. The van der Waals surface area contributed by atoms with Crippen molar-refractivity contribution in [1.82, 2.24) is 5.32 Å². The molecule has 7 heteroatoms. The zero-order chi connectivity index (χ0) is 14.7. The molecule has 1 heterocycles. The molecular formula is C13H11F2N3O2. The predicted molar refractivity (Wildman–Crippen MR) is 65.6 cm³/mol. The molecule has 104 valence electrons. The normalized spacial score (nSPS) is 18.7. The molecule has 20 heavy (non-hydrogen) atoms. The fourth-order valence-corrected chi connectivity index (χ4v) is 1.78. The number of nitrogens with one attached hydrogen (secondary N) is 1. The average molecular weight is 279 g/mol. The molecule has 5 nitrogen and oxygen atoms in total. The minimum Gasteiger partial charge on any atom is -0.382 e. The van der Waals surface area contributed by atoms with Crippen molar-refractivity contribution < 1.29 is 18.4 Å². The largest absolute Gasteiger partial charge is 0.382 e. The first-order valence-corrected chi connectivity index (χ1v) is 5.90. The summed E-state index contributed by atoms with van der Waals surface area (Å²) in [6.07, 6.45) is -1.04. The number of nitriles is 1. The van der Waals surface area contributed by atoms with Crippen molar-refractivity contribution in [3.05, 3.63) is 35.4 Å². The first-order chi connectivity index (χ1) is 9.52. The van der Waals surface area contributed by atoms with E-state index in [1.165, 1.54) is 13.0 Å². The number of benzene rings is 1. The van der Waals surface area contributed by atoms with E-state index in [9.17, 15) is 13.6 Å². The van der Waals surface area contributed by atoms with E-state index in [0.29, 0.717) is 0 Å². The molecule has 0 bridgehead atoms. The van der Waals surface area contributed by atoms with Gasteiger partial charge in [0.15, 0.2) is 0 Å². The predicted octanol–water partition coefficient (Wildman–Crippen LogP) is 1.49. The number of oxime groups is 1. The summed E-state index contributed by atoms with van der Waals surface area (Å²) in [5.74, 6) is -2.08. The van der Waals surface area contributed by atoms with Crippen LogP contribution in [0, 0.1) is 23.0 Å². The fourth-order valence-electron chi connectivity index (χ4n) is 1.78. The van der Waals surface area contributed by atoms with Crippen molar-refractivity contribution in [3.8, 4) is 6.07 Å². The maximum atomic E-state index is 13.6. The lowest BCUT2D eigenvalue weighted by molar-refractivity contribution is -0.131. The SMILES string of the molecule is C[C@H](C#N)NC(=O)[C@@H]1CC(c2c(F)cccc2F)=NO1. The summed E-state index contributed by atoms with van der Waals surface area (Å²) in [5, 5.41) is 14.5. The topological polar surface area (TPSA) is 74.5 Å². The van der Waals surface area contributed by atoms with Gasteiger partial charge in [-0.2, -0.15) is 5.26 Å². The van der Waals surface area contributed by atoms with Gasteiger partial charge in [0.05, 0.1) is 17.3 Å². The van der Waals surface area contributed by atoms with Crippen molar-refractivity contribution >= 4 is 11.6 Å². The molecule has 0 aromatic heterocycles. The highest BCUT2D eigenvalue weighted by molar-refractivity contribution is 6.04. The summed E-state index contributed by atoms with van der Waals surface area (Å²) in [7, 11) is 0. The van der Waals surface area contributed by atoms with Crippen molar-refractivity contribution in [2.75, 3.05) is 0 Å². The highest BCUT2D eigenvalue weighted by Crippen LogP contribution is 2.21. The Morgan fingerprint density at radius 2 is 2.20 bits per heavy atom. The van der Waals surface area contributed by atoms with Gasteiger partial charge in [-0.25, -0.2) is 8.78 Å². The second-order valence-electron chi connectivity index (χ2n) is 4.29. The van der Waals surface area contributed by atoms with E-state index in [2.05, 4.69) is 10.5 Å². The van der Waals surface area contributed by atoms with Crippen molar-refractivity contribution in [2.45, 2.75) is 25.5 Å². The van der Waals surface area contributed by atoms with Crippen LogP contribution in [-0.2, 0) is 9.63 Å². The van der Waals surface area contributed by atoms with E-state index in [1.807, 2.05) is 6.07 Å². The van der Waals surface area contributed by atoms with E-state index in [1.54, 1.807) is 0 Å². The molecule has 0 saturated carbocycles. The summed E-state index contributed by atoms with van der Waals surface area (Å²) in [5.41, 5.74) is -0.263. The van der Waals surface area contributed by atoms with Gasteiger partial charge in [-0.1, -0.05) is 11.2 Å². The van der Waals surface area contributed by atoms with Gasteiger partial charge in [-0.3, -0.25) is 4.79 Å². The molecule has 1 aromatic rings. The Balaban J connectivity index is 2.09. The van der Waals surface area contributed by atoms with E-state index in [-0.39, 0.29) is 17.7 Å². The van der Waals surface area contributed by atoms with Crippen LogP contribution in [-0.4, -0.2) is 23.8 Å². The maximum Gasteiger partial charge on any atom is 0.265 e. The van der Waals surface area contributed by atoms with Crippen LogP contribution in [0.4, 0.5) is 8.78 Å². The molecule has 1 aliphatic rings. The first-order valence-electron chi connectivity index (χ1n) is 5.90. The fraction of sp³-hybridized carbons (Fsp3) is 0.308. The molecule has 1 N–H and O–H groups in total. The second kappa shape index (κ2) is 5.65. The third kappa shape index (κ3) is 2.74. The second-order valence-corrected chi connectivity index (χ2v) is 4.29. The lowest BCUT2D eigenvalue weighted by atomic mass is 10.0. The molecule has 0 unspecified atom stereocenters. The number of carbonyl (C=O) groups is 1. The number of rotatable bonds is 3. The quantitative estimate of drug-likeness (QED) is 0.910. The monoisotopic (exact) mass is 279 g/mol. The van der Waals surface area contributed by atoms with Crippen molar-refractivity contribution in [2.24, 2.45) is 5.16 Å². The molecule has 0 spiro atoms. The number of nitrogens with zero attached hydrogens (tertiary/aromatic N) is 2. The van der Waals surface area contributed by atoms with Gasteiger partial charge < -0.3 is 10.2 Å². The van der Waals surface area contributed by atoms with Crippen LogP contribution in [0.5, 0.6) is 0 Å². The number of carbonyl (C=O) groups excluding carboxylic acids is 1. The van der Waals surface area contributed by atoms with Crippen LogP contribution >= 0.6 is 0 Å². The summed E-state index contributed by atoms with van der Waals surface area (Å²) in [4.78, 5) is 16.6. The molecule has 0 saturated heterocycles. The van der Waals surface area contributed by atoms with Gasteiger partial charge in [0.1, 0.15) is 17.7 Å². The van der Waals surface area contributed by atoms with Gasteiger partial charge in [0, 0.05) is 6.42 Å². The van der Waals surface area contributed by atoms with Gasteiger partial charge in [0.25, 0.3) is 5.91 Å². The third-order valence-electron chi connectivity index (χ3n) is 2.77. The smallest absolute Gasteiger partial charge is 0.265 e. The van der Waals surface area contributed by atoms with Crippen LogP contribution in [0.1, 0.15) is 18.9 Å². The standard InChI is InChI=1S/C13H11F2N3O2/c1-7(6-16)17-13(19)11-5-10(18-20-11)12-8(14)3-2-4-9(12)15/h2-4,7,11H,5H2,1H3,(H,17,19)/t7-,11+/m1/s1. The molecule has 0 aliphatic carbocycles. The Bertz CT molecular complexity index is 590. The van der Waals surface area contributed by atoms with Crippen molar-refractivity contribution in [1.29, 1.82) is 5.26 Å². The summed E-state index contributed by atoms with van der Waals surface area (Å²) >= 11 is 0. The lowest BCUT2D eigenvalue weighted by Gasteiger charge is -2.10. The molecule has 0 radical (unpaired) electrons. The minimum atomic E-state index is -0.986. The van der Waals surface area contributed by atoms with Crippen LogP contribution in [0.3, 0.4) is 0 Å². The molecule has 1 aromatic carbocycles. The van der Waals surface area contributed by atoms with E-state index in [0.717, 1.165) is 12.1 Å². The first kappa shape index (κ1) is 13.9. The van der Waals surface area contributed by atoms with E-state index >= 15 is 0 Å². The van der Waals surface area contributed by atoms with Gasteiger partial charge >= 0.3 is 0 Å². The zero-order valence-electron chi connectivity index (χ0n) is 10.6. The van der Waals surface area contributed by atoms with Crippen LogP contribution < -0.4 is 5.32 Å². The lowest BCUT2D eigenvalue weighted by Crippen LogP contribution is -2.39. The highest BCUT2D eigenvalue weighted by Gasteiger charge is 2.31. The van der Waals surface area contributed by atoms with E-state index in [4.69, 9.17) is 10.1 Å². The van der Waals surface area contributed by atoms with Gasteiger partial charge in [-0.05, 0) is 19.1 Å². The zero-order valence-corrected chi connectivity index (χ0v) is 10.6. The Kier molecular flexibility index (Phi) is 3.94. The molecule has 2 atom stereocenters. The number of halogens is 2. The van der Waals surface area contributed by atoms with Crippen LogP contribution in [0.2, 0.25) is 0 Å². The van der Waals surface area contributed by atoms with Gasteiger partial charge in [0.2, 0.25) is 6.10 Å². The Morgan fingerprint density at radius 3 is 2.80 bits per heavy atom. The average Bonchev–Trinajstić information content (AvgIpc) is 2.88. The Hall–Kier alpha value is -2.49. The summed E-state index contributed by atoms with van der Waals surface area (Å²) in [6.45, 7) is 1.51. The summed E-state index contributed by atoms with van der Waals surface area (Å²) in [6, 6.07) is 4.60. The molecular weight excluding hydrogens is 268 g/mol. The third-order valence-corrected chi connectivity index (χ3v) is 2.77. The Morgan fingerprint density at radius 1 is 1.55 bits per heavy atom. The van der Waals surface area contributed by atoms with Crippen molar-refractivity contribution in [3.63, 3.8) is 0 Å². The summed E-state index contributed by atoms with van der Waals surface area (Å²) < 4.78 is 27.2. The number of amides is 1. The number of hydrogen-bond acceptors (Lipinski definition) is 4. The highest BCUT2D eigenvalue weighted by atomic mass is 19.1.